The number of rotatable bonds is 5. The van der Waals surface area contributed by atoms with Crippen molar-refractivity contribution in [3.8, 4) is 28.7 Å². The quantitative estimate of drug-likeness (QED) is 0.320. The number of aryl methyl sites for hydroxylation is 3. The first-order chi connectivity index (χ1) is 15.3. The first-order valence-electron chi connectivity index (χ1n) is 10.3. The Hall–Kier alpha value is -4.12. The molecule has 5 nitrogen and oxygen atoms in total. The fourth-order valence-electron chi connectivity index (χ4n) is 3.50. The second kappa shape index (κ2) is 8.55. The van der Waals surface area contributed by atoms with Gasteiger partial charge in [-0.2, -0.15) is 0 Å². The van der Waals surface area contributed by atoms with Gasteiger partial charge in [-0.15, -0.1) is 0 Å². The first kappa shape index (κ1) is 21.1. The molecule has 0 fully saturated rings. The molecule has 0 amide bonds. The summed E-state index contributed by atoms with van der Waals surface area (Å²) in [4.78, 5) is 2.05. The second-order valence-electron chi connectivity index (χ2n) is 7.82. The van der Waals surface area contributed by atoms with Crippen LogP contribution in [0.2, 0.25) is 0 Å². The van der Waals surface area contributed by atoms with Crippen LogP contribution in [0.3, 0.4) is 0 Å². The van der Waals surface area contributed by atoms with Crippen molar-refractivity contribution in [2.75, 3.05) is 4.90 Å². The molecule has 0 aliphatic rings. The van der Waals surface area contributed by atoms with Gasteiger partial charge in [0, 0.05) is 17.1 Å². The summed E-state index contributed by atoms with van der Waals surface area (Å²) in [5.41, 5.74) is 4.95. The van der Waals surface area contributed by atoms with Crippen molar-refractivity contribution in [3.05, 3.63) is 95.6 Å². The molecule has 0 aromatic heterocycles. The molecule has 4 aromatic rings. The monoisotopic (exact) mass is 427 g/mol. The number of aromatic hydroxyl groups is 3. The van der Waals surface area contributed by atoms with E-state index in [1.54, 1.807) is 30.3 Å². The third kappa shape index (κ3) is 4.32. The average Bonchev–Trinajstić information content (AvgIpc) is 2.77. The van der Waals surface area contributed by atoms with Gasteiger partial charge in [0.15, 0.2) is 0 Å². The highest BCUT2D eigenvalue weighted by molar-refractivity contribution is 5.78. The summed E-state index contributed by atoms with van der Waals surface area (Å²) in [6.45, 7) is 5.54. The van der Waals surface area contributed by atoms with E-state index >= 15 is 0 Å². The van der Waals surface area contributed by atoms with Gasteiger partial charge in [0.2, 0.25) is 0 Å². The lowest BCUT2D eigenvalue weighted by molar-refractivity contribution is 0.460. The van der Waals surface area contributed by atoms with Crippen LogP contribution < -0.4 is 9.64 Å². The Morgan fingerprint density at radius 3 is 1.38 bits per heavy atom. The van der Waals surface area contributed by atoms with Crippen LogP contribution in [0.4, 0.5) is 17.1 Å². The predicted molar refractivity (Wildman–Crippen MR) is 127 cm³/mol. The third-order valence-corrected chi connectivity index (χ3v) is 5.38. The van der Waals surface area contributed by atoms with Gasteiger partial charge >= 0.3 is 0 Å². The fourth-order valence-corrected chi connectivity index (χ4v) is 3.50. The fraction of sp³-hybridized carbons (Fsp3) is 0.111. The number of nitrogens with zero attached hydrogens (tertiary/aromatic N) is 1. The van der Waals surface area contributed by atoms with Crippen LogP contribution in [0.15, 0.2) is 78.9 Å². The third-order valence-electron chi connectivity index (χ3n) is 5.38. The molecule has 0 aliphatic carbocycles. The summed E-state index contributed by atoms with van der Waals surface area (Å²) in [6.07, 6.45) is 0. The highest BCUT2D eigenvalue weighted by Crippen LogP contribution is 2.39. The molecular formula is C27H25NO4. The molecule has 0 saturated carbocycles. The Morgan fingerprint density at radius 1 is 0.500 bits per heavy atom. The van der Waals surface area contributed by atoms with Crippen molar-refractivity contribution in [1.82, 2.24) is 0 Å². The van der Waals surface area contributed by atoms with E-state index in [9.17, 15) is 15.3 Å². The van der Waals surface area contributed by atoms with E-state index in [4.69, 9.17) is 4.74 Å². The molecule has 0 saturated heterocycles. The highest BCUT2D eigenvalue weighted by Gasteiger charge is 2.15. The summed E-state index contributed by atoms with van der Waals surface area (Å²) < 4.78 is 5.93. The van der Waals surface area contributed by atoms with Gasteiger partial charge in [-0.1, -0.05) is 0 Å². The van der Waals surface area contributed by atoms with Crippen LogP contribution in [0.5, 0.6) is 28.7 Å². The summed E-state index contributed by atoms with van der Waals surface area (Å²) in [5.74, 6) is 2.03. The Morgan fingerprint density at radius 2 is 0.906 bits per heavy atom. The van der Waals surface area contributed by atoms with Crippen LogP contribution in [0.25, 0.3) is 0 Å². The lowest BCUT2D eigenvalue weighted by Crippen LogP contribution is -2.10. The first-order valence-corrected chi connectivity index (χ1v) is 10.3. The van der Waals surface area contributed by atoms with Crippen LogP contribution >= 0.6 is 0 Å². The maximum Gasteiger partial charge on any atom is 0.127 e. The molecule has 0 aliphatic heterocycles. The molecule has 162 valence electrons. The summed E-state index contributed by atoms with van der Waals surface area (Å²) in [6, 6.07) is 23.7. The summed E-state index contributed by atoms with van der Waals surface area (Å²) in [5, 5.41) is 29.7. The zero-order chi connectivity index (χ0) is 22.8. The van der Waals surface area contributed by atoms with Gasteiger partial charge in [-0.25, -0.2) is 0 Å². The molecule has 3 N–H and O–H groups in total. The van der Waals surface area contributed by atoms with Crippen molar-refractivity contribution < 1.29 is 20.1 Å². The van der Waals surface area contributed by atoms with Crippen molar-refractivity contribution >= 4 is 17.1 Å². The molecule has 5 heteroatoms. The number of phenolic OH excluding ortho intramolecular Hbond substituents is 3. The molecule has 0 unspecified atom stereocenters. The van der Waals surface area contributed by atoms with E-state index in [1.165, 1.54) is 0 Å². The van der Waals surface area contributed by atoms with Crippen molar-refractivity contribution in [2.45, 2.75) is 20.8 Å². The lowest BCUT2D eigenvalue weighted by Gasteiger charge is -2.26. The van der Waals surface area contributed by atoms with Gasteiger partial charge in [-0.3, -0.25) is 0 Å². The minimum absolute atomic E-state index is 0.233. The Labute approximate surface area is 187 Å². The topological polar surface area (TPSA) is 73.2 Å². The molecule has 0 spiro atoms. The Bertz CT molecular complexity index is 1210. The van der Waals surface area contributed by atoms with Gasteiger partial charge in [0.25, 0.3) is 0 Å². The van der Waals surface area contributed by atoms with E-state index in [1.807, 2.05) is 74.2 Å². The Kier molecular flexibility index (Phi) is 5.65. The molecule has 0 bridgehead atoms. The predicted octanol–water partition coefficient (Wildman–Crippen LogP) is 6.99. The van der Waals surface area contributed by atoms with Crippen molar-refractivity contribution in [1.29, 1.82) is 0 Å². The smallest absolute Gasteiger partial charge is 0.127 e. The molecule has 4 aromatic carbocycles. The standard InChI is InChI=1S/C27H25NO4/c1-17-14-21(6-11-25(17)29)28(22-7-12-26(30)18(2)15-22)20-4-8-23(9-5-20)32-24-10-13-27(31)19(3)16-24/h4-16,29-31H,1-3H3. The summed E-state index contributed by atoms with van der Waals surface area (Å²) in [7, 11) is 0. The van der Waals surface area contributed by atoms with E-state index in [0.717, 1.165) is 33.8 Å². The minimum Gasteiger partial charge on any atom is -0.508 e. The molecule has 0 radical (unpaired) electrons. The van der Waals surface area contributed by atoms with Crippen LogP contribution in [0, 0.1) is 20.8 Å². The van der Waals surface area contributed by atoms with Crippen LogP contribution in [0.1, 0.15) is 16.7 Å². The van der Waals surface area contributed by atoms with E-state index in [2.05, 4.69) is 0 Å². The van der Waals surface area contributed by atoms with Crippen molar-refractivity contribution in [2.24, 2.45) is 0 Å². The maximum atomic E-state index is 9.98. The lowest BCUT2D eigenvalue weighted by atomic mass is 10.1. The molecule has 32 heavy (non-hydrogen) atoms. The van der Waals surface area contributed by atoms with Gasteiger partial charge in [-0.05, 0) is 116 Å². The average molecular weight is 428 g/mol. The zero-order valence-corrected chi connectivity index (χ0v) is 18.2. The number of phenols is 3. The Balaban J connectivity index is 1.71. The molecule has 0 atom stereocenters. The summed E-state index contributed by atoms with van der Waals surface area (Å²) >= 11 is 0. The highest BCUT2D eigenvalue weighted by atomic mass is 16.5. The number of hydrogen-bond acceptors (Lipinski definition) is 5. The number of hydrogen-bond donors (Lipinski definition) is 3. The largest absolute Gasteiger partial charge is 0.508 e. The maximum absolute atomic E-state index is 9.98. The molecule has 0 heterocycles. The molecular weight excluding hydrogens is 402 g/mol. The zero-order valence-electron chi connectivity index (χ0n) is 18.2. The minimum atomic E-state index is 0.233. The van der Waals surface area contributed by atoms with E-state index in [-0.39, 0.29) is 17.2 Å². The second-order valence-corrected chi connectivity index (χ2v) is 7.82. The van der Waals surface area contributed by atoms with E-state index in [0.29, 0.717) is 11.5 Å². The van der Waals surface area contributed by atoms with Gasteiger partial charge in [0.05, 0.1) is 0 Å². The van der Waals surface area contributed by atoms with Crippen molar-refractivity contribution in [3.63, 3.8) is 0 Å². The van der Waals surface area contributed by atoms with Gasteiger partial charge in [0.1, 0.15) is 28.7 Å². The van der Waals surface area contributed by atoms with Crippen LogP contribution in [-0.4, -0.2) is 15.3 Å². The molecule has 4 rings (SSSR count). The number of benzene rings is 4. The van der Waals surface area contributed by atoms with Crippen LogP contribution in [-0.2, 0) is 0 Å². The normalized spacial score (nSPS) is 10.7. The SMILES string of the molecule is Cc1cc(Oc2ccc(N(c3ccc(O)c(C)c3)c3ccc(O)c(C)c3)cc2)ccc1O. The number of ether oxygens (including phenoxy) is 1. The number of anilines is 3. The van der Waals surface area contributed by atoms with E-state index < -0.39 is 0 Å². The van der Waals surface area contributed by atoms with Gasteiger partial charge < -0.3 is 25.0 Å².